The van der Waals surface area contributed by atoms with Crippen molar-refractivity contribution >= 4 is 17.3 Å². The molecule has 2 bridgehead atoms. The molecule has 0 aromatic heterocycles. The first kappa shape index (κ1) is 16.0. The molecule has 25 heavy (non-hydrogen) atoms. The van der Waals surface area contributed by atoms with E-state index >= 15 is 0 Å². The second-order valence-corrected chi connectivity index (χ2v) is 6.95. The number of hydrogen-bond donors (Lipinski definition) is 0. The van der Waals surface area contributed by atoms with Gasteiger partial charge in [-0.15, -0.1) is 0 Å². The van der Waals surface area contributed by atoms with Crippen LogP contribution in [-0.2, 0) is 4.74 Å². The summed E-state index contributed by atoms with van der Waals surface area (Å²) < 4.78 is 5.06. The van der Waals surface area contributed by atoms with Crippen LogP contribution in [0.2, 0.25) is 0 Å². The zero-order chi connectivity index (χ0) is 17.4. The molecule has 4 rings (SSSR count). The van der Waals surface area contributed by atoms with Crippen molar-refractivity contribution in [2.75, 3.05) is 29.5 Å². The standard InChI is InChI=1S/C21H24N2O2/c1-3-25-21(24)16-7-9-17(10-8-16)22-13-20-12-19(22)14-23(20)18-6-4-5-15(2)11-18/h4-11,19-20H,3,12-14H2,1-2H3. The van der Waals surface area contributed by atoms with Crippen LogP contribution in [0, 0.1) is 6.92 Å². The summed E-state index contributed by atoms with van der Waals surface area (Å²) in [6, 6.07) is 17.7. The first-order valence-corrected chi connectivity index (χ1v) is 9.03. The minimum atomic E-state index is -0.248. The minimum Gasteiger partial charge on any atom is -0.462 e. The summed E-state index contributed by atoms with van der Waals surface area (Å²) in [5.74, 6) is -0.248. The lowest BCUT2D eigenvalue weighted by atomic mass is 10.1. The predicted molar refractivity (Wildman–Crippen MR) is 100 cm³/mol. The molecule has 0 radical (unpaired) electrons. The number of ether oxygens (including phenoxy) is 1. The summed E-state index contributed by atoms with van der Waals surface area (Å²) in [4.78, 5) is 16.8. The number of aryl methyl sites for hydroxylation is 1. The molecule has 4 heteroatoms. The molecule has 2 atom stereocenters. The zero-order valence-corrected chi connectivity index (χ0v) is 14.8. The summed E-state index contributed by atoms with van der Waals surface area (Å²) in [5, 5.41) is 0. The van der Waals surface area contributed by atoms with Crippen LogP contribution in [0.4, 0.5) is 11.4 Å². The van der Waals surface area contributed by atoms with E-state index in [2.05, 4.69) is 41.0 Å². The minimum absolute atomic E-state index is 0.248. The molecule has 0 saturated carbocycles. The maximum absolute atomic E-state index is 11.8. The van der Waals surface area contributed by atoms with Gasteiger partial charge >= 0.3 is 5.97 Å². The first-order valence-electron chi connectivity index (χ1n) is 9.03. The van der Waals surface area contributed by atoms with E-state index in [0.717, 1.165) is 13.1 Å². The van der Waals surface area contributed by atoms with Gasteiger partial charge in [0, 0.05) is 36.5 Å². The van der Waals surface area contributed by atoms with Crippen LogP contribution in [-0.4, -0.2) is 37.7 Å². The highest BCUT2D eigenvalue weighted by Crippen LogP contribution is 2.37. The van der Waals surface area contributed by atoms with Gasteiger partial charge in [0.25, 0.3) is 0 Å². The molecule has 2 fully saturated rings. The molecule has 2 aromatic carbocycles. The molecule has 2 unspecified atom stereocenters. The number of carbonyl (C=O) groups excluding carboxylic acids is 1. The number of rotatable bonds is 4. The average Bonchev–Trinajstić information content (AvgIpc) is 3.23. The van der Waals surface area contributed by atoms with Crippen LogP contribution < -0.4 is 9.80 Å². The third-order valence-corrected chi connectivity index (χ3v) is 5.28. The number of anilines is 2. The first-order chi connectivity index (χ1) is 12.2. The normalized spacial score (nSPS) is 21.7. The fourth-order valence-electron chi connectivity index (χ4n) is 4.11. The molecule has 2 saturated heterocycles. The highest BCUT2D eigenvalue weighted by Gasteiger charge is 2.43. The lowest BCUT2D eigenvalue weighted by Gasteiger charge is -2.37. The third kappa shape index (κ3) is 2.97. The average molecular weight is 336 g/mol. The fraction of sp³-hybridized carbons (Fsp3) is 0.381. The molecule has 2 aliphatic rings. The third-order valence-electron chi connectivity index (χ3n) is 5.28. The van der Waals surface area contributed by atoms with E-state index in [9.17, 15) is 4.79 Å². The van der Waals surface area contributed by atoms with Gasteiger partial charge in [0.15, 0.2) is 0 Å². The van der Waals surface area contributed by atoms with Gasteiger partial charge in [-0.1, -0.05) is 12.1 Å². The van der Waals surface area contributed by atoms with E-state index < -0.39 is 0 Å². The SMILES string of the molecule is CCOC(=O)c1ccc(N2CC3CC2CN3c2cccc(C)c2)cc1. The fourth-order valence-corrected chi connectivity index (χ4v) is 4.11. The molecule has 0 amide bonds. The van der Waals surface area contributed by atoms with Crippen LogP contribution in [0.1, 0.15) is 29.3 Å². The van der Waals surface area contributed by atoms with E-state index in [-0.39, 0.29) is 5.97 Å². The lowest BCUT2D eigenvalue weighted by Crippen LogP contribution is -2.46. The van der Waals surface area contributed by atoms with Crippen molar-refractivity contribution in [3.8, 4) is 0 Å². The molecule has 2 aliphatic heterocycles. The molecular formula is C21H24N2O2. The summed E-state index contributed by atoms with van der Waals surface area (Å²) in [5.41, 5.74) is 4.47. The highest BCUT2D eigenvalue weighted by atomic mass is 16.5. The quantitative estimate of drug-likeness (QED) is 0.798. The summed E-state index contributed by atoms with van der Waals surface area (Å²) >= 11 is 0. The van der Waals surface area contributed by atoms with Crippen molar-refractivity contribution in [1.82, 2.24) is 0 Å². The molecule has 130 valence electrons. The van der Waals surface area contributed by atoms with Crippen molar-refractivity contribution in [2.24, 2.45) is 0 Å². The van der Waals surface area contributed by atoms with E-state index in [0.29, 0.717) is 24.3 Å². The van der Waals surface area contributed by atoms with Gasteiger partial charge in [-0.25, -0.2) is 4.79 Å². The number of esters is 1. The number of hydrogen-bond acceptors (Lipinski definition) is 4. The Morgan fingerprint density at radius 3 is 2.32 bits per heavy atom. The van der Waals surface area contributed by atoms with Gasteiger partial charge in [-0.3, -0.25) is 0 Å². The number of piperazine rings is 1. The van der Waals surface area contributed by atoms with E-state index in [1.165, 1.54) is 23.4 Å². The second kappa shape index (κ2) is 6.43. The maximum atomic E-state index is 11.8. The van der Waals surface area contributed by atoms with Crippen molar-refractivity contribution in [1.29, 1.82) is 0 Å². The monoisotopic (exact) mass is 336 g/mol. The Morgan fingerprint density at radius 1 is 1.04 bits per heavy atom. The Hall–Kier alpha value is -2.49. The number of carbonyl (C=O) groups is 1. The van der Waals surface area contributed by atoms with Crippen molar-refractivity contribution in [2.45, 2.75) is 32.4 Å². The Labute approximate surface area is 149 Å². The lowest BCUT2D eigenvalue weighted by molar-refractivity contribution is 0.0526. The van der Waals surface area contributed by atoms with Crippen molar-refractivity contribution in [3.63, 3.8) is 0 Å². The Bertz CT molecular complexity index is 772. The van der Waals surface area contributed by atoms with Crippen LogP contribution in [0.3, 0.4) is 0 Å². The van der Waals surface area contributed by atoms with Gasteiger partial charge in [-0.05, 0) is 62.2 Å². The molecule has 2 aromatic rings. The van der Waals surface area contributed by atoms with E-state index in [1.54, 1.807) is 0 Å². The summed E-state index contributed by atoms with van der Waals surface area (Å²) in [7, 11) is 0. The maximum Gasteiger partial charge on any atom is 0.338 e. The molecule has 2 heterocycles. The summed E-state index contributed by atoms with van der Waals surface area (Å²) in [6.07, 6.45) is 1.20. The topological polar surface area (TPSA) is 32.8 Å². The van der Waals surface area contributed by atoms with Crippen LogP contribution in [0.15, 0.2) is 48.5 Å². The van der Waals surface area contributed by atoms with Crippen molar-refractivity contribution in [3.05, 3.63) is 59.7 Å². The molecule has 0 spiro atoms. The Morgan fingerprint density at radius 2 is 1.72 bits per heavy atom. The van der Waals surface area contributed by atoms with Crippen LogP contribution >= 0.6 is 0 Å². The smallest absolute Gasteiger partial charge is 0.338 e. The Balaban J connectivity index is 1.46. The van der Waals surface area contributed by atoms with Gasteiger partial charge in [0.2, 0.25) is 0 Å². The number of nitrogens with zero attached hydrogens (tertiary/aromatic N) is 2. The predicted octanol–water partition coefficient (Wildman–Crippen LogP) is 3.64. The number of fused-ring (bicyclic) bond motifs is 2. The molecule has 0 aliphatic carbocycles. The Kier molecular flexibility index (Phi) is 4.12. The van der Waals surface area contributed by atoms with Gasteiger partial charge in [0.1, 0.15) is 0 Å². The van der Waals surface area contributed by atoms with Crippen LogP contribution in [0.5, 0.6) is 0 Å². The largest absolute Gasteiger partial charge is 0.462 e. The molecular weight excluding hydrogens is 312 g/mol. The number of benzene rings is 2. The summed E-state index contributed by atoms with van der Waals surface area (Å²) in [6.45, 7) is 6.48. The molecule has 4 nitrogen and oxygen atoms in total. The zero-order valence-electron chi connectivity index (χ0n) is 14.8. The molecule has 0 N–H and O–H groups in total. The van der Waals surface area contributed by atoms with Gasteiger partial charge < -0.3 is 14.5 Å². The van der Waals surface area contributed by atoms with E-state index in [4.69, 9.17) is 4.74 Å². The van der Waals surface area contributed by atoms with Gasteiger partial charge in [-0.2, -0.15) is 0 Å². The van der Waals surface area contributed by atoms with Gasteiger partial charge in [0.05, 0.1) is 12.2 Å². The van der Waals surface area contributed by atoms with Crippen LogP contribution in [0.25, 0.3) is 0 Å². The second-order valence-electron chi connectivity index (χ2n) is 6.95. The highest BCUT2D eigenvalue weighted by molar-refractivity contribution is 5.89. The van der Waals surface area contributed by atoms with E-state index in [1.807, 2.05) is 31.2 Å². The van der Waals surface area contributed by atoms with Crippen molar-refractivity contribution < 1.29 is 9.53 Å².